The van der Waals surface area contributed by atoms with Crippen LogP contribution >= 0.6 is 0 Å². The van der Waals surface area contributed by atoms with Crippen molar-refractivity contribution in [2.45, 2.75) is 44.9 Å². The maximum absolute atomic E-state index is 12.3. The van der Waals surface area contributed by atoms with Gasteiger partial charge in [-0.2, -0.15) is 0 Å². The molecule has 1 saturated heterocycles. The maximum Gasteiger partial charge on any atom is 0.258 e. The molecular formula is C18H27N3O3. The van der Waals surface area contributed by atoms with Gasteiger partial charge in [0.2, 0.25) is 0 Å². The van der Waals surface area contributed by atoms with Crippen LogP contribution in [0.25, 0.3) is 0 Å². The molecule has 4 atom stereocenters. The van der Waals surface area contributed by atoms with Crippen molar-refractivity contribution in [2.24, 2.45) is 5.92 Å². The Bertz CT molecular complexity index is 605. The Hall–Kier alpha value is -1.66. The average Bonchev–Trinajstić information content (AvgIpc) is 2.94. The summed E-state index contributed by atoms with van der Waals surface area (Å²) in [4.78, 5) is 18.9. The largest absolute Gasteiger partial charge is 0.482 e. The Morgan fingerprint density at radius 3 is 2.96 bits per heavy atom. The van der Waals surface area contributed by atoms with E-state index in [2.05, 4.69) is 15.2 Å². The number of nitrogens with zero attached hydrogens (tertiary/aromatic N) is 2. The van der Waals surface area contributed by atoms with E-state index in [4.69, 9.17) is 9.47 Å². The Balaban J connectivity index is 1.56. The molecule has 0 radical (unpaired) electrons. The van der Waals surface area contributed by atoms with Crippen LogP contribution in [0.2, 0.25) is 0 Å². The summed E-state index contributed by atoms with van der Waals surface area (Å²) >= 11 is 0. The monoisotopic (exact) mass is 333 g/mol. The molecule has 0 spiro atoms. The number of carbonyl (C=O) groups is 1. The number of fused-ring (bicyclic) bond motifs is 1. The van der Waals surface area contributed by atoms with Crippen molar-refractivity contribution in [3.8, 4) is 5.75 Å². The zero-order valence-corrected chi connectivity index (χ0v) is 14.9. The molecule has 24 heavy (non-hydrogen) atoms. The lowest BCUT2D eigenvalue weighted by Gasteiger charge is -2.50. The minimum atomic E-state index is -0.0835. The second-order valence-electron chi connectivity index (χ2n) is 6.88. The number of hydrogen-bond donors (Lipinski definition) is 1. The molecule has 1 amide bonds. The van der Waals surface area contributed by atoms with Crippen LogP contribution in [0.4, 0.5) is 0 Å². The van der Waals surface area contributed by atoms with Crippen molar-refractivity contribution >= 4 is 5.91 Å². The fraction of sp³-hybridized carbons (Fsp3) is 0.667. The maximum atomic E-state index is 12.3. The van der Waals surface area contributed by atoms with Crippen LogP contribution in [0.15, 0.2) is 12.1 Å². The fourth-order valence-electron chi connectivity index (χ4n) is 3.84. The van der Waals surface area contributed by atoms with Gasteiger partial charge in [0.25, 0.3) is 5.91 Å². The first kappa shape index (κ1) is 17.2. The number of nitrogens with one attached hydrogen (secondary N) is 1. The quantitative estimate of drug-likeness (QED) is 0.846. The van der Waals surface area contributed by atoms with Crippen LogP contribution in [0.1, 0.15) is 24.7 Å². The summed E-state index contributed by atoms with van der Waals surface area (Å²) in [7, 11) is 4.06. The van der Waals surface area contributed by atoms with Gasteiger partial charge in [0.05, 0.1) is 23.9 Å². The molecule has 3 rings (SSSR count). The molecule has 6 nitrogen and oxygen atoms in total. The van der Waals surface area contributed by atoms with E-state index in [-0.39, 0.29) is 30.7 Å². The number of hydrogen-bond acceptors (Lipinski definition) is 5. The molecule has 0 unspecified atom stereocenters. The first-order chi connectivity index (χ1) is 11.5. The molecule has 1 aromatic heterocycles. The lowest BCUT2D eigenvalue weighted by Crippen LogP contribution is -2.70. The third kappa shape index (κ3) is 3.26. The number of rotatable bonds is 6. The van der Waals surface area contributed by atoms with E-state index in [1.54, 1.807) is 0 Å². The van der Waals surface area contributed by atoms with Gasteiger partial charge in [-0.3, -0.25) is 9.78 Å². The van der Waals surface area contributed by atoms with E-state index in [1.165, 1.54) is 0 Å². The van der Waals surface area contributed by atoms with Crippen LogP contribution < -0.4 is 10.1 Å². The third-order valence-electron chi connectivity index (χ3n) is 5.04. The summed E-state index contributed by atoms with van der Waals surface area (Å²) in [6.45, 7) is 4.79. The highest BCUT2D eigenvalue weighted by atomic mass is 16.5. The van der Waals surface area contributed by atoms with Crippen LogP contribution in [0.5, 0.6) is 5.75 Å². The highest BCUT2D eigenvalue weighted by Crippen LogP contribution is 2.41. The Morgan fingerprint density at radius 2 is 2.25 bits per heavy atom. The summed E-state index contributed by atoms with van der Waals surface area (Å²) in [5.41, 5.74) is 1.85. The van der Waals surface area contributed by atoms with Crippen LogP contribution in [0.3, 0.4) is 0 Å². The molecule has 1 aliphatic heterocycles. The molecule has 1 N–H and O–H groups in total. The van der Waals surface area contributed by atoms with Gasteiger partial charge in [0.1, 0.15) is 5.75 Å². The smallest absolute Gasteiger partial charge is 0.258 e. The summed E-state index contributed by atoms with van der Waals surface area (Å²) in [5.74, 6) is 1.03. The van der Waals surface area contributed by atoms with Gasteiger partial charge in [0.15, 0.2) is 6.61 Å². The van der Waals surface area contributed by atoms with Crippen molar-refractivity contribution in [2.75, 3.05) is 27.3 Å². The molecule has 1 aliphatic carbocycles. The van der Waals surface area contributed by atoms with Crippen molar-refractivity contribution in [3.63, 3.8) is 0 Å². The number of pyridine rings is 1. The van der Waals surface area contributed by atoms with E-state index in [0.29, 0.717) is 11.7 Å². The first-order valence-corrected chi connectivity index (χ1v) is 8.68. The summed E-state index contributed by atoms with van der Waals surface area (Å²) < 4.78 is 11.5. The lowest BCUT2D eigenvalue weighted by molar-refractivity contribution is -0.130. The highest BCUT2D eigenvalue weighted by molar-refractivity contribution is 5.78. The summed E-state index contributed by atoms with van der Waals surface area (Å²) in [6, 6.07) is 4.18. The third-order valence-corrected chi connectivity index (χ3v) is 5.04. The Kier molecular flexibility index (Phi) is 5.06. The van der Waals surface area contributed by atoms with Gasteiger partial charge in [-0.25, -0.2) is 0 Å². The molecular weight excluding hydrogens is 306 g/mol. The van der Waals surface area contributed by atoms with E-state index >= 15 is 0 Å². The molecule has 1 saturated carbocycles. The molecule has 2 fully saturated rings. The van der Waals surface area contributed by atoms with Gasteiger partial charge in [0, 0.05) is 18.2 Å². The topological polar surface area (TPSA) is 63.7 Å². The molecule has 0 aromatic carbocycles. The summed E-state index contributed by atoms with van der Waals surface area (Å²) in [5, 5.41) is 3.13. The molecule has 2 heterocycles. The average molecular weight is 333 g/mol. The van der Waals surface area contributed by atoms with Crippen molar-refractivity contribution in [3.05, 3.63) is 23.5 Å². The minimum absolute atomic E-state index is 0.0205. The second kappa shape index (κ2) is 7.07. The van der Waals surface area contributed by atoms with Gasteiger partial charge in [-0.1, -0.05) is 6.92 Å². The van der Waals surface area contributed by atoms with E-state index < -0.39 is 0 Å². The van der Waals surface area contributed by atoms with Gasteiger partial charge in [-0.15, -0.1) is 0 Å². The molecule has 1 aromatic rings. The summed E-state index contributed by atoms with van der Waals surface area (Å²) in [6.07, 6.45) is 2.05. The Labute approximate surface area is 143 Å². The van der Waals surface area contributed by atoms with E-state index in [0.717, 1.165) is 30.8 Å². The number of likely N-dealkylation sites (N-methyl/N-ethyl adjacent to an activating group) is 1. The zero-order valence-electron chi connectivity index (χ0n) is 14.9. The number of aromatic nitrogens is 1. The molecule has 6 heteroatoms. The minimum Gasteiger partial charge on any atom is -0.482 e. The zero-order chi connectivity index (χ0) is 17.3. The standard InChI is InChI=1S/C18H27N3O3/c1-5-13-14(7-6-11(2)19-13)24-10-15(22)20-16-12-8-9-23-18(12)17(16)21(3)4/h6-7,12,16-18H,5,8-10H2,1-4H3,(H,20,22)/t12-,16+,17-,18-/m1/s1. The molecule has 2 aliphatic rings. The van der Waals surface area contributed by atoms with E-state index in [9.17, 15) is 4.79 Å². The van der Waals surface area contributed by atoms with Crippen molar-refractivity contribution < 1.29 is 14.3 Å². The van der Waals surface area contributed by atoms with E-state index in [1.807, 2.05) is 40.1 Å². The number of carbonyl (C=O) groups excluding carboxylic acids is 1. The predicted molar refractivity (Wildman–Crippen MR) is 91.1 cm³/mol. The van der Waals surface area contributed by atoms with Gasteiger partial charge >= 0.3 is 0 Å². The first-order valence-electron chi connectivity index (χ1n) is 8.68. The number of amides is 1. The number of aryl methyl sites for hydroxylation is 2. The van der Waals surface area contributed by atoms with Crippen molar-refractivity contribution in [1.29, 1.82) is 0 Å². The van der Waals surface area contributed by atoms with Crippen LogP contribution in [-0.2, 0) is 16.0 Å². The molecule has 132 valence electrons. The molecule has 0 bridgehead atoms. The predicted octanol–water partition coefficient (Wildman–Crippen LogP) is 1.16. The normalized spacial score (nSPS) is 28.4. The Morgan fingerprint density at radius 1 is 1.46 bits per heavy atom. The van der Waals surface area contributed by atoms with Crippen molar-refractivity contribution in [1.82, 2.24) is 15.2 Å². The second-order valence-corrected chi connectivity index (χ2v) is 6.88. The SMILES string of the molecule is CCc1nc(C)ccc1OCC(=O)N[C@H]1[C@H]2CCO[C@H]2[C@@H]1N(C)C. The van der Waals surface area contributed by atoms with Crippen LogP contribution in [0, 0.1) is 12.8 Å². The fourth-order valence-corrected chi connectivity index (χ4v) is 3.84. The van der Waals surface area contributed by atoms with Gasteiger partial charge < -0.3 is 19.7 Å². The van der Waals surface area contributed by atoms with Crippen LogP contribution in [-0.4, -0.2) is 61.3 Å². The number of ether oxygens (including phenoxy) is 2. The lowest BCUT2D eigenvalue weighted by atomic mass is 9.71. The van der Waals surface area contributed by atoms with Gasteiger partial charge in [-0.05, 0) is 46.0 Å². The highest BCUT2D eigenvalue weighted by Gasteiger charge is 2.55.